The van der Waals surface area contributed by atoms with E-state index in [1.54, 1.807) is 0 Å². The van der Waals surface area contributed by atoms with E-state index in [0.717, 1.165) is 13.4 Å². The number of ether oxygens (including phenoxy) is 6. The van der Waals surface area contributed by atoms with Crippen molar-refractivity contribution in [2.75, 3.05) is 20.3 Å². The predicted octanol–water partition coefficient (Wildman–Crippen LogP) is -5.21. The van der Waals surface area contributed by atoms with Gasteiger partial charge in [-0.1, -0.05) is 0 Å². The molecule has 39 heavy (non-hydrogen) atoms. The molecule has 4 aliphatic rings. The molecule has 224 valence electrons. The van der Waals surface area contributed by atoms with Crippen molar-refractivity contribution in [3.05, 3.63) is 11.8 Å². The monoisotopic (exact) mass is 568 g/mol. The highest BCUT2D eigenvalue weighted by atomic mass is 16.8. The third-order valence-electron chi connectivity index (χ3n) is 7.75. The van der Waals surface area contributed by atoms with Gasteiger partial charge in [-0.2, -0.15) is 0 Å². The molecule has 0 spiro atoms. The van der Waals surface area contributed by atoms with Crippen LogP contribution < -0.4 is 0 Å². The molecule has 0 aromatic heterocycles. The molecule has 0 aromatic carbocycles. The Bertz CT molecular complexity index is 895. The van der Waals surface area contributed by atoms with E-state index in [0.29, 0.717) is 0 Å². The van der Waals surface area contributed by atoms with Gasteiger partial charge in [-0.3, -0.25) is 0 Å². The Hall–Kier alpha value is -1.51. The number of aliphatic hydroxyl groups is 9. The predicted molar refractivity (Wildman–Crippen MR) is 121 cm³/mol. The maximum atomic E-state index is 12.2. The van der Waals surface area contributed by atoms with Gasteiger partial charge in [0, 0.05) is 12.3 Å². The molecule has 3 fully saturated rings. The van der Waals surface area contributed by atoms with Crippen molar-refractivity contribution < 1.29 is 79.2 Å². The van der Waals surface area contributed by atoms with Crippen LogP contribution in [0.2, 0.25) is 0 Å². The van der Waals surface area contributed by atoms with Crippen LogP contribution in [-0.2, 0) is 33.2 Å². The molecule has 2 saturated heterocycles. The molecule has 4 rings (SSSR count). The average Bonchev–Trinajstić information content (AvgIpc) is 3.16. The van der Waals surface area contributed by atoms with Gasteiger partial charge >= 0.3 is 5.97 Å². The van der Waals surface area contributed by atoms with E-state index in [2.05, 4.69) is 0 Å². The first kappa shape index (κ1) is 30.4. The highest BCUT2D eigenvalue weighted by Crippen LogP contribution is 2.49. The zero-order valence-electron chi connectivity index (χ0n) is 21.2. The molecule has 1 aliphatic carbocycles. The normalized spacial score (nSPS) is 50.1. The Morgan fingerprint density at radius 1 is 0.923 bits per heavy atom. The van der Waals surface area contributed by atoms with Gasteiger partial charge in [0.2, 0.25) is 6.29 Å². The lowest BCUT2D eigenvalue weighted by Crippen LogP contribution is -2.62. The van der Waals surface area contributed by atoms with Crippen LogP contribution in [0.15, 0.2) is 11.8 Å². The molecular formula is C23H36O16. The fourth-order valence-corrected chi connectivity index (χ4v) is 5.59. The summed E-state index contributed by atoms with van der Waals surface area (Å²) >= 11 is 0. The Morgan fingerprint density at radius 3 is 2.13 bits per heavy atom. The Balaban J connectivity index is 1.47. The summed E-state index contributed by atoms with van der Waals surface area (Å²) in [6, 6.07) is 0. The molecule has 9 N–H and O–H groups in total. The van der Waals surface area contributed by atoms with Crippen molar-refractivity contribution in [2.45, 2.75) is 92.8 Å². The molecule has 1 saturated carbocycles. The topological polar surface area (TPSA) is 255 Å². The molecule has 0 amide bonds. The van der Waals surface area contributed by atoms with E-state index in [1.807, 2.05) is 0 Å². The minimum Gasteiger partial charge on any atom is -0.471 e. The minimum absolute atomic E-state index is 0.0287. The number of aliphatic hydroxyl groups excluding tert-OH is 8. The number of carbonyl (C=O) groups is 1. The van der Waals surface area contributed by atoms with Crippen molar-refractivity contribution >= 4 is 5.97 Å². The van der Waals surface area contributed by atoms with Gasteiger partial charge in [-0.25, -0.2) is 4.79 Å². The van der Waals surface area contributed by atoms with Gasteiger partial charge in [-0.15, -0.1) is 0 Å². The zero-order valence-corrected chi connectivity index (χ0v) is 21.2. The number of fused-ring (bicyclic) bond motifs is 1. The van der Waals surface area contributed by atoms with E-state index in [9.17, 15) is 50.8 Å². The standard InChI is InChI=1S/C23H36O16/c1-23(33)3-8(25)11-7(19(32)34-2)5-35-20(12(11)23)39-22-18(31)16(29)14(27)10(38-22)6-36-21-17(30)15(28)13(26)9(4-24)37-21/h5,8-18,20-22,24-31,33H,3-4,6H2,1-2H3/t8-,9-,10-,11+,12-,13-,14-,15+,16+,17-,18-,20+,21-,22+,23+/m1/s1. The molecule has 3 aliphatic heterocycles. The average molecular weight is 569 g/mol. The number of hydrogen-bond donors (Lipinski definition) is 9. The van der Waals surface area contributed by atoms with E-state index in [1.165, 1.54) is 6.92 Å². The number of hydrogen-bond acceptors (Lipinski definition) is 16. The summed E-state index contributed by atoms with van der Waals surface area (Å²) < 4.78 is 32.3. The third-order valence-corrected chi connectivity index (χ3v) is 7.75. The van der Waals surface area contributed by atoms with Crippen LogP contribution in [0.4, 0.5) is 0 Å². The number of methoxy groups -OCH3 is 1. The second kappa shape index (κ2) is 11.8. The van der Waals surface area contributed by atoms with Gasteiger partial charge in [0.15, 0.2) is 12.6 Å². The van der Waals surface area contributed by atoms with Crippen LogP contribution >= 0.6 is 0 Å². The first-order valence-corrected chi connectivity index (χ1v) is 12.4. The SMILES string of the molecule is COC(=O)C1=CO[C@@H](O[C@@H]2O[C@H](CO[C@@H]3O[C@H](CO)[C@@H](O)[C@H](O)[C@H]3O)[C@@H](O)[C@H](O)[C@H]2O)[C@H]2[C@@H]1[C@H](O)C[C@]2(C)O. The number of rotatable bonds is 7. The second-order valence-corrected chi connectivity index (χ2v) is 10.4. The molecule has 3 heterocycles. The maximum absolute atomic E-state index is 12.2. The van der Waals surface area contributed by atoms with Gasteiger partial charge in [0.1, 0.15) is 48.8 Å². The summed E-state index contributed by atoms with van der Waals surface area (Å²) in [6.45, 7) is 0.144. The van der Waals surface area contributed by atoms with Crippen molar-refractivity contribution in [2.24, 2.45) is 11.8 Å². The molecule has 16 nitrogen and oxygen atoms in total. The lowest BCUT2D eigenvalue weighted by atomic mass is 9.80. The van der Waals surface area contributed by atoms with Gasteiger partial charge < -0.3 is 74.4 Å². The van der Waals surface area contributed by atoms with Crippen molar-refractivity contribution in [1.29, 1.82) is 0 Å². The molecule has 0 aromatic rings. The molecule has 0 unspecified atom stereocenters. The van der Waals surface area contributed by atoms with E-state index >= 15 is 0 Å². The summed E-state index contributed by atoms with van der Waals surface area (Å²) in [5.74, 6) is -2.76. The first-order valence-electron chi connectivity index (χ1n) is 12.4. The second-order valence-electron chi connectivity index (χ2n) is 10.4. The Kier molecular flexibility index (Phi) is 9.19. The fraction of sp³-hybridized carbons (Fsp3) is 0.870. The smallest absolute Gasteiger partial charge is 0.337 e. The Morgan fingerprint density at radius 2 is 1.51 bits per heavy atom. The van der Waals surface area contributed by atoms with Crippen LogP contribution in [0.1, 0.15) is 13.3 Å². The van der Waals surface area contributed by atoms with Gasteiger partial charge in [0.05, 0.1) is 49.8 Å². The van der Waals surface area contributed by atoms with Crippen LogP contribution in [0.3, 0.4) is 0 Å². The lowest BCUT2D eigenvalue weighted by Gasteiger charge is -2.45. The minimum atomic E-state index is -1.82. The van der Waals surface area contributed by atoms with Crippen molar-refractivity contribution in [1.82, 2.24) is 0 Å². The highest BCUT2D eigenvalue weighted by molar-refractivity contribution is 5.89. The summed E-state index contributed by atoms with van der Waals surface area (Å²) in [6.07, 6.45) is -17.9. The molecule has 16 heteroatoms. The number of carbonyl (C=O) groups excluding carboxylic acids is 1. The largest absolute Gasteiger partial charge is 0.471 e. The molecule has 0 radical (unpaired) electrons. The summed E-state index contributed by atoms with van der Waals surface area (Å²) in [5.41, 5.74) is -1.62. The van der Waals surface area contributed by atoms with Crippen molar-refractivity contribution in [3.63, 3.8) is 0 Å². The summed E-state index contributed by atoms with van der Waals surface area (Å²) in [7, 11) is 1.14. The lowest BCUT2D eigenvalue weighted by molar-refractivity contribution is -0.357. The summed E-state index contributed by atoms with van der Waals surface area (Å²) in [4.78, 5) is 12.2. The van der Waals surface area contributed by atoms with E-state index in [-0.39, 0.29) is 12.0 Å². The highest BCUT2D eigenvalue weighted by Gasteiger charge is 2.59. The maximum Gasteiger partial charge on any atom is 0.337 e. The summed E-state index contributed by atoms with van der Waals surface area (Å²) in [5, 5.41) is 92.3. The van der Waals surface area contributed by atoms with Gasteiger partial charge in [-0.05, 0) is 6.92 Å². The van der Waals surface area contributed by atoms with Gasteiger partial charge in [0.25, 0.3) is 0 Å². The van der Waals surface area contributed by atoms with Crippen LogP contribution in [-0.4, -0.2) is 152 Å². The van der Waals surface area contributed by atoms with E-state index < -0.39 is 110 Å². The third kappa shape index (κ3) is 5.67. The Labute approximate surface area is 222 Å². The zero-order chi connectivity index (χ0) is 28.8. The van der Waals surface area contributed by atoms with Crippen LogP contribution in [0, 0.1) is 11.8 Å². The van der Waals surface area contributed by atoms with E-state index in [4.69, 9.17) is 28.4 Å². The first-order chi connectivity index (χ1) is 18.3. The molecule has 0 bridgehead atoms. The number of esters is 1. The molecule has 15 atom stereocenters. The van der Waals surface area contributed by atoms with Crippen LogP contribution in [0.5, 0.6) is 0 Å². The molecular weight excluding hydrogens is 532 g/mol. The van der Waals surface area contributed by atoms with Crippen LogP contribution in [0.25, 0.3) is 0 Å². The quantitative estimate of drug-likeness (QED) is 0.130. The van der Waals surface area contributed by atoms with Crippen molar-refractivity contribution in [3.8, 4) is 0 Å². The fourth-order valence-electron chi connectivity index (χ4n) is 5.59.